The average Bonchev–Trinajstić information content (AvgIpc) is 3.29. The standard InChI is InChI=1S/C23H30O6/c1-16-7-6-8-18(13-16)27-15-17(24)11-12-20-19(21-14-22(20)29-28-21)9-4-2-3-5-10-23(25)26/h2,4,6-8,11-13,17,19-22,24H,3,5,9-10,14-15H2,1H3,(H,25,26)/b4-2-,12-11+/t17-,19-,20-,21+,22-/m1/s1. The molecule has 1 aliphatic heterocycles. The largest absolute Gasteiger partial charge is 0.491 e. The number of aliphatic carboxylic acids is 1. The number of aliphatic hydroxyl groups excluding tert-OH is 1. The van der Waals surface area contributed by atoms with Crippen LogP contribution in [0.25, 0.3) is 0 Å². The fourth-order valence-corrected chi connectivity index (χ4v) is 3.96. The van der Waals surface area contributed by atoms with Crippen molar-refractivity contribution in [3.63, 3.8) is 0 Å². The third-order valence-electron chi connectivity index (χ3n) is 5.47. The Hall–Kier alpha value is -2.15. The summed E-state index contributed by atoms with van der Waals surface area (Å²) in [6, 6.07) is 7.75. The molecule has 2 fully saturated rings. The summed E-state index contributed by atoms with van der Waals surface area (Å²) >= 11 is 0. The summed E-state index contributed by atoms with van der Waals surface area (Å²) in [5.41, 5.74) is 1.12. The summed E-state index contributed by atoms with van der Waals surface area (Å²) in [5.74, 6) is 0.476. The van der Waals surface area contributed by atoms with Crippen LogP contribution in [-0.4, -0.2) is 41.1 Å². The first-order valence-electron chi connectivity index (χ1n) is 10.3. The van der Waals surface area contributed by atoms with Crippen LogP contribution >= 0.6 is 0 Å². The molecule has 5 atom stereocenters. The van der Waals surface area contributed by atoms with Crippen molar-refractivity contribution in [2.24, 2.45) is 11.8 Å². The maximum atomic E-state index is 10.5. The van der Waals surface area contributed by atoms with E-state index in [9.17, 15) is 9.90 Å². The van der Waals surface area contributed by atoms with Crippen LogP contribution in [0.2, 0.25) is 0 Å². The van der Waals surface area contributed by atoms with Gasteiger partial charge in [0.1, 0.15) is 24.6 Å². The number of aryl methyl sites for hydroxylation is 1. The summed E-state index contributed by atoms with van der Waals surface area (Å²) in [6.45, 7) is 2.20. The van der Waals surface area contributed by atoms with Gasteiger partial charge in [0.25, 0.3) is 0 Å². The lowest BCUT2D eigenvalue weighted by atomic mass is 9.89. The van der Waals surface area contributed by atoms with Crippen molar-refractivity contribution in [1.29, 1.82) is 0 Å². The molecule has 0 spiro atoms. The Bertz CT molecular complexity index is 728. The van der Waals surface area contributed by atoms with Crippen molar-refractivity contribution in [1.82, 2.24) is 0 Å². The number of carboxylic acids is 1. The number of benzene rings is 1. The molecule has 1 aliphatic carbocycles. The van der Waals surface area contributed by atoms with E-state index >= 15 is 0 Å². The van der Waals surface area contributed by atoms with E-state index in [0.29, 0.717) is 12.3 Å². The molecule has 1 saturated heterocycles. The monoisotopic (exact) mass is 402 g/mol. The molecule has 1 saturated carbocycles. The number of rotatable bonds is 11. The molecule has 1 aromatic carbocycles. The number of fused-ring (bicyclic) bond motifs is 2. The molecule has 2 bridgehead atoms. The molecule has 0 radical (unpaired) electrons. The first-order chi connectivity index (χ1) is 14.0. The zero-order valence-corrected chi connectivity index (χ0v) is 16.8. The topological polar surface area (TPSA) is 85.2 Å². The van der Waals surface area contributed by atoms with E-state index in [1.807, 2.05) is 43.3 Å². The van der Waals surface area contributed by atoms with Crippen molar-refractivity contribution in [3.8, 4) is 5.75 Å². The Balaban J connectivity index is 1.47. The van der Waals surface area contributed by atoms with Gasteiger partial charge in [-0.05, 0) is 43.9 Å². The van der Waals surface area contributed by atoms with E-state index in [1.54, 1.807) is 6.08 Å². The second kappa shape index (κ2) is 10.6. The second-order valence-corrected chi connectivity index (χ2v) is 7.82. The van der Waals surface area contributed by atoms with Crippen molar-refractivity contribution < 1.29 is 29.5 Å². The summed E-state index contributed by atoms with van der Waals surface area (Å²) in [6.07, 6.45) is 10.7. The van der Waals surface area contributed by atoms with Crippen LogP contribution in [0.1, 0.15) is 37.7 Å². The Morgan fingerprint density at radius 1 is 1.31 bits per heavy atom. The predicted octanol–water partition coefficient (Wildman–Crippen LogP) is 3.83. The Labute approximate surface area is 171 Å². The second-order valence-electron chi connectivity index (χ2n) is 7.82. The summed E-state index contributed by atoms with van der Waals surface area (Å²) < 4.78 is 5.66. The lowest BCUT2D eigenvalue weighted by Gasteiger charge is -2.27. The van der Waals surface area contributed by atoms with E-state index < -0.39 is 12.1 Å². The molecule has 6 nitrogen and oxygen atoms in total. The maximum Gasteiger partial charge on any atom is 0.303 e. The van der Waals surface area contributed by atoms with Gasteiger partial charge in [-0.15, -0.1) is 0 Å². The van der Waals surface area contributed by atoms with Gasteiger partial charge in [-0.1, -0.05) is 36.4 Å². The fourth-order valence-electron chi connectivity index (χ4n) is 3.96. The molecular formula is C23H30O6. The summed E-state index contributed by atoms with van der Waals surface area (Å²) in [4.78, 5) is 21.3. The molecule has 29 heavy (non-hydrogen) atoms. The van der Waals surface area contributed by atoms with Crippen LogP contribution in [0.15, 0.2) is 48.6 Å². The first-order valence-corrected chi connectivity index (χ1v) is 10.3. The minimum Gasteiger partial charge on any atom is -0.491 e. The minimum absolute atomic E-state index is 0.0200. The van der Waals surface area contributed by atoms with Crippen LogP contribution in [0.4, 0.5) is 0 Å². The Morgan fingerprint density at radius 2 is 2.14 bits per heavy atom. The highest BCUT2D eigenvalue weighted by Crippen LogP contribution is 2.44. The molecule has 0 amide bonds. The highest BCUT2D eigenvalue weighted by molar-refractivity contribution is 5.66. The summed E-state index contributed by atoms with van der Waals surface area (Å²) in [5, 5.41) is 18.9. The Morgan fingerprint density at radius 3 is 2.93 bits per heavy atom. The lowest BCUT2D eigenvalue weighted by molar-refractivity contribution is -0.336. The number of aliphatic hydroxyl groups is 1. The van der Waals surface area contributed by atoms with Crippen molar-refractivity contribution in [2.75, 3.05) is 6.61 Å². The highest BCUT2D eigenvalue weighted by atomic mass is 17.2. The molecule has 0 aromatic heterocycles. The van der Waals surface area contributed by atoms with Gasteiger partial charge in [-0.2, -0.15) is 0 Å². The van der Waals surface area contributed by atoms with Gasteiger partial charge in [0, 0.05) is 24.7 Å². The SMILES string of the molecule is Cc1cccc(OC[C@H](O)/C=C/[C@@H]2[C@@H](C/C=C\CCCC(=O)O)[C@@H]3C[C@H]2OO3)c1. The minimum atomic E-state index is -0.757. The van der Waals surface area contributed by atoms with Crippen molar-refractivity contribution in [3.05, 3.63) is 54.1 Å². The third-order valence-corrected chi connectivity index (χ3v) is 5.47. The molecule has 2 N–H and O–H groups in total. The van der Waals surface area contributed by atoms with Crippen LogP contribution in [-0.2, 0) is 14.6 Å². The molecule has 2 aliphatic rings. The van der Waals surface area contributed by atoms with E-state index in [1.165, 1.54) is 0 Å². The van der Waals surface area contributed by atoms with Gasteiger partial charge < -0.3 is 14.9 Å². The molecule has 6 heteroatoms. The number of allylic oxidation sites excluding steroid dienone is 2. The van der Waals surface area contributed by atoms with E-state index in [4.69, 9.17) is 19.6 Å². The summed E-state index contributed by atoms with van der Waals surface area (Å²) in [7, 11) is 0. The molecule has 3 rings (SSSR count). The maximum absolute atomic E-state index is 10.5. The average molecular weight is 402 g/mol. The third kappa shape index (κ3) is 6.42. The van der Waals surface area contributed by atoms with E-state index in [2.05, 4.69) is 6.08 Å². The molecular weight excluding hydrogens is 372 g/mol. The van der Waals surface area contributed by atoms with Crippen LogP contribution in [0, 0.1) is 18.8 Å². The normalized spacial score (nSPS) is 27.1. The van der Waals surface area contributed by atoms with Crippen molar-refractivity contribution >= 4 is 5.97 Å². The zero-order chi connectivity index (χ0) is 20.6. The van der Waals surface area contributed by atoms with Gasteiger partial charge in [0.2, 0.25) is 0 Å². The van der Waals surface area contributed by atoms with E-state index in [-0.39, 0.29) is 31.2 Å². The van der Waals surface area contributed by atoms with Gasteiger partial charge in [0.05, 0.1) is 6.10 Å². The van der Waals surface area contributed by atoms with E-state index in [0.717, 1.165) is 30.6 Å². The number of unbranched alkanes of at least 4 members (excludes halogenated alkanes) is 1. The molecule has 1 heterocycles. The number of hydrogen-bond donors (Lipinski definition) is 2. The molecule has 1 aromatic rings. The van der Waals surface area contributed by atoms with Crippen LogP contribution < -0.4 is 4.74 Å². The molecule has 158 valence electrons. The smallest absolute Gasteiger partial charge is 0.303 e. The fraction of sp³-hybridized carbons (Fsp3) is 0.522. The molecule has 0 unspecified atom stereocenters. The first kappa shape index (κ1) is 21.6. The van der Waals surface area contributed by atoms with Crippen LogP contribution in [0.3, 0.4) is 0 Å². The number of carboxylic acid groups (broad SMARTS) is 1. The van der Waals surface area contributed by atoms with Gasteiger partial charge in [-0.25, -0.2) is 9.78 Å². The van der Waals surface area contributed by atoms with Crippen molar-refractivity contribution in [2.45, 2.75) is 57.3 Å². The number of carbonyl (C=O) groups is 1. The quantitative estimate of drug-likeness (QED) is 0.332. The Kier molecular flexibility index (Phi) is 7.86. The number of ether oxygens (including phenoxy) is 1. The predicted molar refractivity (Wildman–Crippen MR) is 108 cm³/mol. The van der Waals surface area contributed by atoms with Gasteiger partial charge >= 0.3 is 5.97 Å². The highest BCUT2D eigenvalue weighted by Gasteiger charge is 2.49. The van der Waals surface area contributed by atoms with Gasteiger partial charge in [0.15, 0.2) is 0 Å². The lowest BCUT2D eigenvalue weighted by Crippen LogP contribution is -2.29. The van der Waals surface area contributed by atoms with Crippen LogP contribution in [0.5, 0.6) is 5.75 Å². The number of hydrogen-bond acceptors (Lipinski definition) is 5. The zero-order valence-electron chi connectivity index (χ0n) is 16.8. The van der Waals surface area contributed by atoms with Gasteiger partial charge in [-0.3, -0.25) is 4.79 Å².